The van der Waals surface area contributed by atoms with Crippen LogP contribution in [0.5, 0.6) is 0 Å². The van der Waals surface area contributed by atoms with E-state index in [0.717, 1.165) is 6.42 Å². The molecular weight excluding hydrogens is 212 g/mol. The van der Waals surface area contributed by atoms with Gasteiger partial charge in [0.2, 0.25) is 0 Å². The van der Waals surface area contributed by atoms with Crippen LogP contribution in [-0.4, -0.2) is 11.6 Å². The first-order valence-corrected chi connectivity index (χ1v) is 7.03. The molecule has 1 aliphatic rings. The van der Waals surface area contributed by atoms with Crippen molar-refractivity contribution in [3.8, 4) is 0 Å². The van der Waals surface area contributed by atoms with Gasteiger partial charge in [-0.2, -0.15) is 0 Å². The smallest absolute Gasteiger partial charge is 0.312 e. The largest absolute Gasteiger partial charge is 0.459 e. The molecule has 0 bridgehead atoms. The van der Waals surface area contributed by atoms with E-state index in [4.69, 9.17) is 4.74 Å². The summed E-state index contributed by atoms with van der Waals surface area (Å²) in [7, 11) is 0. The van der Waals surface area contributed by atoms with Crippen LogP contribution in [0.25, 0.3) is 0 Å². The summed E-state index contributed by atoms with van der Waals surface area (Å²) in [6.45, 7) is 10.1. The standard InChI is InChI=1S/C15H28O2/c1-6-14(2,3)13(16)17-15(4,5)12-10-8-7-9-11-12/h12H,6-11H2,1-5H3. The van der Waals surface area contributed by atoms with Crippen LogP contribution < -0.4 is 0 Å². The molecule has 1 aliphatic carbocycles. The third-order valence-electron chi connectivity index (χ3n) is 4.38. The minimum Gasteiger partial charge on any atom is -0.459 e. The van der Waals surface area contributed by atoms with Gasteiger partial charge in [-0.15, -0.1) is 0 Å². The Morgan fingerprint density at radius 1 is 1.12 bits per heavy atom. The van der Waals surface area contributed by atoms with Crippen molar-refractivity contribution < 1.29 is 9.53 Å². The van der Waals surface area contributed by atoms with E-state index in [1.54, 1.807) is 0 Å². The highest BCUT2D eigenvalue weighted by molar-refractivity contribution is 5.76. The van der Waals surface area contributed by atoms with Gasteiger partial charge in [0, 0.05) is 0 Å². The van der Waals surface area contributed by atoms with Crippen molar-refractivity contribution in [2.45, 2.75) is 78.7 Å². The van der Waals surface area contributed by atoms with Crippen molar-refractivity contribution in [2.24, 2.45) is 11.3 Å². The van der Waals surface area contributed by atoms with Crippen LogP contribution in [0.1, 0.15) is 73.1 Å². The van der Waals surface area contributed by atoms with Crippen molar-refractivity contribution in [1.82, 2.24) is 0 Å². The molecular formula is C15H28O2. The van der Waals surface area contributed by atoms with E-state index >= 15 is 0 Å². The second kappa shape index (κ2) is 5.41. The zero-order valence-corrected chi connectivity index (χ0v) is 12.1. The summed E-state index contributed by atoms with van der Waals surface area (Å²) in [6, 6.07) is 0. The van der Waals surface area contributed by atoms with Crippen molar-refractivity contribution in [2.75, 3.05) is 0 Å². The summed E-state index contributed by atoms with van der Waals surface area (Å²) in [6.07, 6.45) is 7.12. The Kier molecular flexibility index (Phi) is 4.62. The monoisotopic (exact) mass is 240 g/mol. The maximum atomic E-state index is 12.1. The highest BCUT2D eigenvalue weighted by Crippen LogP contribution is 2.36. The Morgan fingerprint density at radius 2 is 1.65 bits per heavy atom. The molecule has 0 aliphatic heterocycles. The highest BCUT2D eigenvalue weighted by Gasteiger charge is 2.38. The summed E-state index contributed by atoms with van der Waals surface area (Å²) >= 11 is 0. The maximum Gasteiger partial charge on any atom is 0.312 e. The predicted molar refractivity (Wildman–Crippen MR) is 70.8 cm³/mol. The molecule has 17 heavy (non-hydrogen) atoms. The molecule has 1 rings (SSSR count). The molecule has 0 aromatic carbocycles. The van der Waals surface area contributed by atoms with Gasteiger partial charge in [-0.05, 0) is 52.9 Å². The first-order chi connectivity index (χ1) is 7.79. The molecule has 0 unspecified atom stereocenters. The summed E-state index contributed by atoms with van der Waals surface area (Å²) in [5.41, 5.74) is -0.657. The Bertz CT molecular complexity index is 260. The minimum atomic E-state index is -0.355. The Labute approximate surface area is 106 Å². The first-order valence-electron chi connectivity index (χ1n) is 7.03. The third-order valence-corrected chi connectivity index (χ3v) is 4.38. The Hall–Kier alpha value is -0.530. The zero-order chi connectivity index (χ0) is 13.1. The molecule has 2 heteroatoms. The van der Waals surface area contributed by atoms with Crippen LogP contribution in [0.15, 0.2) is 0 Å². The maximum absolute atomic E-state index is 12.1. The van der Waals surface area contributed by atoms with Gasteiger partial charge in [-0.1, -0.05) is 26.2 Å². The molecule has 0 aromatic heterocycles. The number of esters is 1. The molecule has 0 heterocycles. The van der Waals surface area contributed by atoms with E-state index in [1.165, 1.54) is 32.1 Å². The van der Waals surface area contributed by atoms with Gasteiger partial charge >= 0.3 is 5.97 Å². The molecule has 2 nitrogen and oxygen atoms in total. The van der Waals surface area contributed by atoms with Crippen LogP contribution in [-0.2, 0) is 9.53 Å². The van der Waals surface area contributed by atoms with Crippen LogP contribution >= 0.6 is 0 Å². The van der Waals surface area contributed by atoms with Crippen molar-refractivity contribution >= 4 is 5.97 Å². The second-order valence-corrected chi connectivity index (χ2v) is 6.57. The van der Waals surface area contributed by atoms with Gasteiger partial charge in [0.1, 0.15) is 5.60 Å². The topological polar surface area (TPSA) is 26.3 Å². The molecule has 0 amide bonds. The van der Waals surface area contributed by atoms with E-state index in [2.05, 4.69) is 13.8 Å². The van der Waals surface area contributed by atoms with E-state index in [9.17, 15) is 4.79 Å². The molecule has 0 aromatic rings. The highest BCUT2D eigenvalue weighted by atomic mass is 16.6. The predicted octanol–water partition coefficient (Wildman–Crippen LogP) is 4.32. The Morgan fingerprint density at radius 3 is 2.12 bits per heavy atom. The normalized spacial score (nSPS) is 19.1. The SMILES string of the molecule is CCC(C)(C)C(=O)OC(C)(C)C1CCCCC1. The van der Waals surface area contributed by atoms with Gasteiger partial charge in [-0.25, -0.2) is 0 Å². The van der Waals surface area contributed by atoms with E-state index in [0.29, 0.717) is 5.92 Å². The van der Waals surface area contributed by atoms with E-state index in [-0.39, 0.29) is 17.0 Å². The molecule has 0 N–H and O–H groups in total. The van der Waals surface area contributed by atoms with Crippen molar-refractivity contribution in [3.05, 3.63) is 0 Å². The average molecular weight is 240 g/mol. The summed E-state index contributed by atoms with van der Waals surface area (Å²) in [4.78, 5) is 12.1. The number of hydrogen-bond donors (Lipinski definition) is 0. The fourth-order valence-corrected chi connectivity index (χ4v) is 2.40. The van der Waals surface area contributed by atoms with Gasteiger partial charge < -0.3 is 4.74 Å². The number of rotatable bonds is 4. The molecule has 0 atom stereocenters. The summed E-state index contributed by atoms with van der Waals surface area (Å²) < 4.78 is 5.79. The molecule has 0 saturated heterocycles. The summed E-state index contributed by atoms with van der Waals surface area (Å²) in [5.74, 6) is 0.489. The molecule has 100 valence electrons. The lowest BCUT2D eigenvalue weighted by molar-refractivity contribution is -0.174. The second-order valence-electron chi connectivity index (χ2n) is 6.57. The average Bonchev–Trinajstić information content (AvgIpc) is 2.29. The molecule has 1 saturated carbocycles. The number of carbonyl (C=O) groups is 1. The number of ether oxygens (including phenoxy) is 1. The van der Waals surface area contributed by atoms with Crippen LogP contribution in [0, 0.1) is 11.3 Å². The van der Waals surface area contributed by atoms with E-state index in [1.807, 2.05) is 20.8 Å². The van der Waals surface area contributed by atoms with Gasteiger partial charge in [-0.3, -0.25) is 4.79 Å². The summed E-state index contributed by atoms with van der Waals surface area (Å²) in [5, 5.41) is 0. The van der Waals surface area contributed by atoms with Crippen LogP contribution in [0.2, 0.25) is 0 Å². The molecule has 0 spiro atoms. The van der Waals surface area contributed by atoms with Crippen LogP contribution in [0.4, 0.5) is 0 Å². The van der Waals surface area contributed by atoms with Crippen molar-refractivity contribution in [3.63, 3.8) is 0 Å². The lowest BCUT2D eigenvalue weighted by Crippen LogP contribution is -2.41. The quantitative estimate of drug-likeness (QED) is 0.684. The number of hydrogen-bond acceptors (Lipinski definition) is 2. The lowest BCUT2D eigenvalue weighted by Gasteiger charge is -2.38. The van der Waals surface area contributed by atoms with Gasteiger partial charge in [0.05, 0.1) is 5.41 Å². The zero-order valence-electron chi connectivity index (χ0n) is 12.1. The fourth-order valence-electron chi connectivity index (χ4n) is 2.40. The number of carbonyl (C=O) groups excluding carboxylic acids is 1. The van der Waals surface area contributed by atoms with E-state index < -0.39 is 0 Å². The molecule has 1 fully saturated rings. The Balaban J connectivity index is 2.61. The van der Waals surface area contributed by atoms with Gasteiger partial charge in [0.15, 0.2) is 0 Å². The van der Waals surface area contributed by atoms with Crippen LogP contribution in [0.3, 0.4) is 0 Å². The molecule has 0 radical (unpaired) electrons. The van der Waals surface area contributed by atoms with Gasteiger partial charge in [0.25, 0.3) is 0 Å². The fraction of sp³-hybridized carbons (Fsp3) is 0.933. The van der Waals surface area contributed by atoms with Crippen molar-refractivity contribution in [1.29, 1.82) is 0 Å². The first kappa shape index (κ1) is 14.5. The third kappa shape index (κ3) is 3.72. The minimum absolute atomic E-state index is 0.0458. The lowest BCUT2D eigenvalue weighted by atomic mass is 9.78.